The van der Waals surface area contributed by atoms with Gasteiger partial charge in [-0.3, -0.25) is 0 Å². The number of hydrogen-bond donors (Lipinski definition) is 0. The van der Waals surface area contributed by atoms with Gasteiger partial charge in [-0.1, -0.05) is 48.0 Å². The maximum absolute atomic E-state index is 5.46. The molecule has 5 heteroatoms. The predicted molar refractivity (Wildman–Crippen MR) is 174 cm³/mol. The Morgan fingerprint density at radius 1 is 0.318 bits per heavy atom. The molecule has 18 atom stereocenters. The second-order valence-corrected chi connectivity index (χ2v) is 17.1. The average Bonchev–Trinajstić information content (AvgIpc) is 4.02. The van der Waals surface area contributed by atoms with Crippen molar-refractivity contribution in [3.63, 3.8) is 0 Å². The van der Waals surface area contributed by atoms with Crippen LogP contribution in [0.5, 0.6) is 0 Å². The lowest BCUT2D eigenvalue weighted by atomic mass is 10.2. The van der Waals surface area contributed by atoms with E-state index in [9.17, 15) is 0 Å². The Morgan fingerprint density at radius 2 is 0.659 bits per heavy atom. The zero-order valence-corrected chi connectivity index (χ0v) is 29.0. The summed E-state index contributed by atoms with van der Waals surface area (Å²) in [5.74, 6) is 13.8. The summed E-state index contributed by atoms with van der Waals surface area (Å²) in [4.78, 5) is 0. The minimum absolute atomic E-state index is 0.670. The van der Waals surface area contributed by atoms with E-state index in [0.717, 1.165) is 111 Å². The van der Waals surface area contributed by atoms with Gasteiger partial charge in [-0.2, -0.15) is 0 Å². The van der Waals surface area contributed by atoms with Crippen LogP contribution in [-0.4, -0.2) is 64.1 Å². The number of rotatable bonds is 0. The van der Waals surface area contributed by atoms with Crippen molar-refractivity contribution in [3.8, 4) is 0 Å². The van der Waals surface area contributed by atoms with Crippen molar-refractivity contribution < 1.29 is 23.7 Å². The molecule has 0 amide bonds. The van der Waals surface area contributed by atoms with Crippen LogP contribution in [0.3, 0.4) is 0 Å². The number of fused-ring (bicyclic) bond motifs is 6. The number of ether oxygens (including phenoxy) is 5. The van der Waals surface area contributed by atoms with Crippen LogP contribution in [-0.2, 0) is 23.7 Å². The minimum Gasteiger partial charge on any atom is -0.381 e. The molecule has 0 spiro atoms. The lowest BCUT2D eigenvalue weighted by Gasteiger charge is -2.07. The third-order valence-corrected chi connectivity index (χ3v) is 14.6. The van der Waals surface area contributed by atoms with E-state index < -0.39 is 0 Å². The molecule has 0 radical (unpaired) electrons. The van der Waals surface area contributed by atoms with Crippen LogP contribution in [0.1, 0.15) is 99.3 Å². The lowest BCUT2D eigenvalue weighted by Crippen LogP contribution is -2.05. The monoisotopic (exact) mass is 614 g/mol. The van der Waals surface area contributed by atoms with E-state index in [1.807, 2.05) is 0 Å². The second kappa shape index (κ2) is 13.7. The summed E-state index contributed by atoms with van der Waals surface area (Å²) in [6.45, 7) is 20.0. The Balaban J connectivity index is 0.0000000853. The first kappa shape index (κ1) is 32.4. The van der Waals surface area contributed by atoms with Gasteiger partial charge in [0.05, 0.1) is 37.6 Å². The van der Waals surface area contributed by atoms with E-state index >= 15 is 0 Å². The molecule has 44 heavy (non-hydrogen) atoms. The lowest BCUT2D eigenvalue weighted by molar-refractivity contribution is 0.0760. The molecule has 252 valence electrons. The van der Waals surface area contributed by atoms with Gasteiger partial charge in [-0.05, 0) is 134 Å². The predicted octanol–water partition coefficient (Wildman–Crippen LogP) is 7.90. The van der Waals surface area contributed by atoms with Crippen LogP contribution in [0, 0.1) is 82.9 Å². The summed E-state index contributed by atoms with van der Waals surface area (Å²) in [5.41, 5.74) is 0. The third-order valence-electron chi connectivity index (χ3n) is 14.6. The van der Waals surface area contributed by atoms with Gasteiger partial charge < -0.3 is 23.7 Å². The van der Waals surface area contributed by atoms with Crippen molar-refractivity contribution in [3.05, 3.63) is 0 Å². The maximum atomic E-state index is 5.46. The van der Waals surface area contributed by atoms with Crippen molar-refractivity contribution in [1.29, 1.82) is 0 Å². The molecule has 5 heterocycles. The van der Waals surface area contributed by atoms with Crippen LogP contribution in [0.2, 0.25) is 0 Å². The Kier molecular flexibility index (Phi) is 10.1. The van der Waals surface area contributed by atoms with Crippen molar-refractivity contribution in [2.75, 3.05) is 39.6 Å². The molecule has 5 nitrogen and oxygen atoms in total. The smallest absolute Gasteiger partial charge is 0.0636 e. The van der Waals surface area contributed by atoms with Crippen LogP contribution in [0.4, 0.5) is 0 Å². The molecular weight excluding hydrogens is 548 g/mol. The fraction of sp³-hybridized carbons (Fsp3) is 1.00. The molecule has 0 aromatic carbocycles. The highest BCUT2D eigenvalue weighted by atomic mass is 16.5. The molecule has 12 fully saturated rings. The van der Waals surface area contributed by atoms with Gasteiger partial charge in [0.1, 0.15) is 0 Å². The van der Waals surface area contributed by atoms with Gasteiger partial charge in [0.25, 0.3) is 0 Å². The fourth-order valence-electron chi connectivity index (χ4n) is 10.3. The van der Waals surface area contributed by atoms with E-state index in [1.54, 1.807) is 12.8 Å². The van der Waals surface area contributed by atoms with E-state index in [4.69, 9.17) is 23.7 Å². The van der Waals surface area contributed by atoms with Gasteiger partial charge in [0, 0.05) is 26.4 Å². The summed E-state index contributed by atoms with van der Waals surface area (Å²) >= 11 is 0. The summed E-state index contributed by atoms with van der Waals surface area (Å²) in [7, 11) is 0. The maximum Gasteiger partial charge on any atom is 0.0636 e. The first-order valence-corrected chi connectivity index (χ1v) is 19.4. The topological polar surface area (TPSA) is 46.2 Å². The largest absolute Gasteiger partial charge is 0.381 e. The summed E-state index contributed by atoms with van der Waals surface area (Å²) in [6.07, 6.45) is 15.4. The third kappa shape index (κ3) is 7.27. The molecule has 0 bridgehead atoms. The highest BCUT2D eigenvalue weighted by Gasteiger charge is 2.53. The molecule has 5 aliphatic heterocycles. The second-order valence-electron chi connectivity index (χ2n) is 17.1. The van der Waals surface area contributed by atoms with Gasteiger partial charge in [0.2, 0.25) is 0 Å². The summed E-state index contributed by atoms with van der Waals surface area (Å²) < 4.78 is 26.8. The zero-order chi connectivity index (χ0) is 30.5. The molecule has 6 unspecified atom stereocenters. The van der Waals surface area contributed by atoms with Gasteiger partial charge in [0.15, 0.2) is 0 Å². The standard InChI is InChI=1S/2C7H12O.C7H12.3C6H10O/c2*1-5-6-3-2-4-8-7(5)6;1-5-6-3-2-4-7(5)6;1-4-5-2-7-3-6(4)5;2*1-4-5-2-3-7-6(4)5/h2*5-7H,2-4H2,1H3;5-7H,2-4H2,1H3;3*4-6H,2-3H2,1H3/t3*5?,6-,7+;3*4?,5-,6+/m11..11/s1. The Morgan fingerprint density at radius 3 is 0.864 bits per heavy atom. The molecule has 0 N–H and O–H groups in total. The summed E-state index contributed by atoms with van der Waals surface area (Å²) in [6, 6.07) is 0. The van der Waals surface area contributed by atoms with Crippen LogP contribution in [0.15, 0.2) is 0 Å². The zero-order valence-electron chi connectivity index (χ0n) is 29.0. The van der Waals surface area contributed by atoms with E-state index in [-0.39, 0.29) is 0 Å². The molecule has 7 saturated carbocycles. The first-order valence-electron chi connectivity index (χ1n) is 19.4. The quantitative estimate of drug-likeness (QED) is 0.278. The van der Waals surface area contributed by atoms with Crippen molar-refractivity contribution >= 4 is 0 Å². The fourth-order valence-corrected chi connectivity index (χ4v) is 10.3. The molecule has 12 aliphatic rings. The molecule has 0 aromatic heterocycles. The number of hydrogen-bond acceptors (Lipinski definition) is 5. The van der Waals surface area contributed by atoms with Gasteiger partial charge in [-0.15, -0.1) is 0 Å². The minimum atomic E-state index is 0.670. The van der Waals surface area contributed by atoms with Crippen molar-refractivity contribution in [2.24, 2.45) is 82.9 Å². The highest BCUT2D eigenvalue weighted by Crippen LogP contribution is 2.57. The molecule has 12 rings (SSSR count). The van der Waals surface area contributed by atoms with Crippen LogP contribution in [0.25, 0.3) is 0 Å². The Hall–Kier alpha value is -0.200. The van der Waals surface area contributed by atoms with E-state index in [0.29, 0.717) is 24.4 Å². The molecular formula is C39H66O5. The Bertz CT molecular complexity index is 755. The van der Waals surface area contributed by atoms with Gasteiger partial charge >= 0.3 is 0 Å². The Labute approximate surface area is 269 Å². The summed E-state index contributed by atoms with van der Waals surface area (Å²) in [5, 5.41) is 0. The molecule has 0 aromatic rings. The average molecular weight is 615 g/mol. The first-order chi connectivity index (χ1) is 21.4. The molecule has 5 saturated heterocycles. The van der Waals surface area contributed by atoms with E-state index in [2.05, 4.69) is 41.5 Å². The van der Waals surface area contributed by atoms with Crippen molar-refractivity contribution in [1.82, 2.24) is 0 Å². The highest BCUT2D eigenvalue weighted by molar-refractivity contribution is 5.01. The normalized spacial score (nSPS) is 55.5. The van der Waals surface area contributed by atoms with Gasteiger partial charge in [-0.25, -0.2) is 0 Å². The molecule has 7 aliphatic carbocycles. The van der Waals surface area contributed by atoms with Crippen molar-refractivity contribution in [2.45, 2.75) is 124 Å². The van der Waals surface area contributed by atoms with E-state index in [1.165, 1.54) is 56.8 Å². The van der Waals surface area contributed by atoms with Crippen LogP contribution >= 0.6 is 0 Å². The SMILES string of the molecule is CC1[C@H]2CCCO[C@@H]12.CC1[C@H]2CCCO[C@@H]12.CC1[C@H]2CCC[C@@H]12.CC1[C@H]2CCO[C@@H]12.CC1[C@H]2CCO[C@@H]12.CC1[C@H]2COC[C@@H]12. The van der Waals surface area contributed by atoms with Crippen LogP contribution < -0.4 is 0 Å².